The van der Waals surface area contributed by atoms with Crippen molar-refractivity contribution in [3.8, 4) is 11.5 Å². The highest BCUT2D eigenvalue weighted by Crippen LogP contribution is 2.58. The number of rotatable bonds is 4. The van der Waals surface area contributed by atoms with Gasteiger partial charge in [0.2, 0.25) is 17.4 Å². The fraction of sp³-hybridized carbons (Fsp3) is 0.571. The number of hydrogen-bond acceptors (Lipinski definition) is 5. The molecule has 1 aromatic carbocycles. The Morgan fingerprint density at radius 2 is 1.90 bits per heavy atom. The van der Waals surface area contributed by atoms with Gasteiger partial charge in [-0.1, -0.05) is 18.5 Å². The van der Waals surface area contributed by atoms with Gasteiger partial charge in [-0.05, 0) is 62.3 Å². The van der Waals surface area contributed by atoms with Gasteiger partial charge in [-0.15, -0.1) is 10.2 Å². The summed E-state index contributed by atoms with van der Waals surface area (Å²) in [4.78, 5) is 13.5. The minimum Gasteiger partial charge on any atom is -0.420 e. The zero-order chi connectivity index (χ0) is 22.6. The van der Waals surface area contributed by atoms with Gasteiger partial charge in [0.1, 0.15) is 0 Å². The molecule has 168 valence electrons. The van der Waals surface area contributed by atoms with Crippen molar-refractivity contribution >= 4 is 17.5 Å². The second-order valence-corrected chi connectivity index (χ2v) is 9.21. The van der Waals surface area contributed by atoms with E-state index in [2.05, 4.69) is 10.2 Å². The van der Waals surface area contributed by atoms with E-state index in [1.807, 2.05) is 6.92 Å². The SMILES string of the molecule is CC1CN(C(=O)C(C)(O)C(F)(F)F)CCC1C1(c2nnc(-c3ccc(Cl)cc3)o2)CC1. The molecule has 2 fully saturated rings. The van der Waals surface area contributed by atoms with E-state index in [1.165, 1.54) is 0 Å². The van der Waals surface area contributed by atoms with Crippen molar-refractivity contribution in [3.05, 3.63) is 35.2 Å². The minimum atomic E-state index is -5.02. The molecular formula is C21H23ClF3N3O3. The average molecular weight is 458 g/mol. The Morgan fingerprint density at radius 1 is 1.26 bits per heavy atom. The van der Waals surface area contributed by atoms with Crippen molar-refractivity contribution in [1.82, 2.24) is 15.1 Å². The van der Waals surface area contributed by atoms with Crippen molar-refractivity contribution < 1.29 is 27.5 Å². The second kappa shape index (κ2) is 7.48. The molecule has 1 saturated carbocycles. The normalized spacial score (nSPS) is 25.2. The van der Waals surface area contributed by atoms with Gasteiger partial charge in [0.05, 0.1) is 5.41 Å². The number of halogens is 4. The van der Waals surface area contributed by atoms with Crippen molar-refractivity contribution in [3.63, 3.8) is 0 Å². The molecule has 10 heteroatoms. The summed E-state index contributed by atoms with van der Waals surface area (Å²) in [6, 6.07) is 7.05. The van der Waals surface area contributed by atoms with Crippen molar-refractivity contribution in [2.75, 3.05) is 13.1 Å². The van der Waals surface area contributed by atoms with Gasteiger partial charge in [0.25, 0.3) is 5.91 Å². The summed E-state index contributed by atoms with van der Waals surface area (Å²) >= 11 is 5.92. The van der Waals surface area contributed by atoms with E-state index in [4.69, 9.17) is 16.0 Å². The molecule has 1 aliphatic heterocycles. The van der Waals surface area contributed by atoms with E-state index in [-0.39, 0.29) is 30.3 Å². The lowest BCUT2D eigenvalue weighted by Gasteiger charge is -2.42. The molecule has 2 aliphatic rings. The van der Waals surface area contributed by atoms with Crippen LogP contribution in [0.2, 0.25) is 5.02 Å². The van der Waals surface area contributed by atoms with Crippen molar-refractivity contribution in [2.45, 2.75) is 50.3 Å². The smallest absolute Gasteiger partial charge is 0.420 e. The van der Waals surface area contributed by atoms with Crippen LogP contribution in [0.5, 0.6) is 0 Å². The van der Waals surface area contributed by atoms with Gasteiger partial charge in [0.15, 0.2) is 0 Å². The summed E-state index contributed by atoms with van der Waals surface area (Å²) in [7, 11) is 0. The molecule has 1 saturated heterocycles. The first-order chi connectivity index (χ1) is 14.5. The van der Waals surface area contributed by atoms with E-state index >= 15 is 0 Å². The first-order valence-electron chi connectivity index (χ1n) is 10.1. The van der Waals surface area contributed by atoms with Gasteiger partial charge in [-0.3, -0.25) is 4.79 Å². The van der Waals surface area contributed by atoms with Crippen LogP contribution in [-0.2, 0) is 10.2 Å². The van der Waals surface area contributed by atoms with Crippen LogP contribution in [0.4, 0.5) is 13.2 Å². The number of carbonyl (C=O) groups excluding carboxylic acids is 1. The summed E-state index contributed by atoms with van der Waals surface area (Å²) in [5.41, 5.74) is -2.96. The summed E-state index contributed by atoms with van der Waals surface area (Å²) in [5, 5.41) is 18.8. The van der Waals surface area contributed by atoms with Crippen LogP contribution in [0.15, 0.2) is 28.7 Å². The summed E-state index contributed by atoms with van der Waals surface area (Å²) < 4.78 is 45.2. The van der Waals surface area contributed by atoms with Crippen molar-refractivity contribution in [2.24, 2.45) is 11.8 Å². The average Bonchev–Trinajstić information content (AvgIpc) is 3.35. The Bertz CT molecular complexity index is 970. The first kappa shape index (κ1) is 22.1. The molecule has 2 aromatic rings. The number of aliphatic hydroxyl groups is 1. The highest BCUT2D eigenvalue weighted by atomic mass is 35.5. The highest BCUT2D eigenvalue weighted by molar-refractivity contribution is 6.30. The third-order valence-electron chi connectivity index (χ3n) is 6.60. The molecule has 0 bridgehead atoms. The Labute approximate surface area is 182 Å². The zero-order valence-electron chi connectivity index (χ0n) is 17.1. The summed E-state index contributed by atoms with van der Waals surface area (Å²) in [5.74, 6) is -0.394. The predicted octanol–water partition coefficient (Wildman–Crippen LogP) is 4.22. The fourth-order valence-corrected chi connectivity index (χ4v) is 4.72. The summed E-state index contributed by atoms with van der Waals surface area (Å²) in [6.07, 6.45) is -2.83. The number of hydrogen-bond donors (Lipinski definition) is 1. The van der Waals surface area contributed by atoms with Crippen LogP contribution in [-0.4, -0.2) is 51.0 Å². The van der Waals surface area contributed by atoms with E-state index in [0.717, 1.165) is 23.3 Å². The number of piperidine rings is 1. The van der Waals surface area contributed by atoms with Gasteiger partial charge in [-0.2, -0.15) is 13.2 Å². The van der Waals surface area contributed by atoms with Gasteiger partial charge < -0.3 is 14.4 Å². The number of benzene rings is 1. The van der Waals surface area contributed by atoms with E-state index in [0.29, 0.717) is 30.1 Å². The van der Waals surface area contributed by atoms with Crippen LogP contribution in [0, 0.1) is 11.8 Å². The maximum atomic E-state index is 13.1. The zero-order valence-corrected chi connectivity index (χ0v) is 17.9. The maximum absolute atomic E-state index is 13.1. The highest BCUT2D eigenvalue weighted by Gasteiger charge is 2.60. The predicted molar refractivity (Wildman–Crippen MR) is 106 cm³/mol. The number of amides is 1. The van der Waals surface area contributed by atoms with Gasteiger partial charge in [-0.25, -0.2) is 0 Å². The molecule has 31 heavy (non-hydrogen) atoms. The minimum absolute atomic E-state index is 0.0879. The number of carbonyl (C=O) groups is 1. The van der Waals surface area contributed by atoms with Crippen LogP contribution in [0.1, 0.15) is 39.0 Å². The summed E-state index contributed by atoms with van der Waals surface area (Å²) in [6.45, 7) is 2.68. The van der Waals surface area contributed by atoms with Crippen LogP contribution in [0.3, 0.4) is 0 Å². The number of aromatic nitrogens is 2. The number of nitrogens with zero attached hydrogens (tertiary/aromatic N) is 3. The molecule has 1 aromatic heterocycles. The molecule has 0 radical (unpaired) electrons. The monoisotopic (exact) mass is 457 g/mol. The third kappa shape index (κ3) is 3.82. The van der Waals surface area contributed by atoms with Crippen LogP contribution < -0.4 is 0 Å². The molecule has 1 N–H and O–H groups in total. The lowest BCUT2D eigenvalue weighted by Crippen LogP contribution is -2.58. The third-order valence-corrected chi connectivity index (χ3v) is 6.85. The molecule has 6 nitrogen and oxygen atoms in total. The maximum Gasteiger partial charge on any atom is 0.426 e. The molecule has 1 aliphatic carbocycles. The number of alkyl halides is 3. The molecule has 1 amide bonds. The molecule has 3 atom stereocenters. The number of likely N-dealkylation sites (tertiary alicyclic amines) is 1. The Morgan fingerprint density at radius 3 is 2.45 bits per heavy atom. The Kier molecular flexibility index (Phi) is 5.33. The Hall–Kier alpha value is -2.13. The standard InChI is InChI=1S/C21H23ClF3N3O3/c1-12-11-28(18(29)19(2,30)21(23,24)25)10-7-15(12)20(8-9-20)17-27-26-16(31-17)13-3-5-14(22)6-4-13/h3-6,12,15,30H,7-11H2,1-2H3. The van der Waals surface area contributed by atoms with Crippen LogP contribution in [0.25, 0.3) is 11.5 Å². The molecule has 2 heterocycles. The lowest BCUT2D eigenvalue weighted by atomic mass is 9.74. The lowest BCUT2D eigenvalue weighted by molar-refractivity contribution is -0.251. The van der Waals surface area contributed by atoms with Gasteiger partial charge >= 0.3 is 6.18 Å². The Balaban J connectivity index is 1.49. The molecule has 0 spiro atoms. The molecular weight excluding hydrogens is 435 g/mol. The second-order valence-electron chi connectivity index (χ2n) is 8.77. The largest absolute Gasteiger partial charge is 0.426 e. The van der Waals surface area contributed by atoms with E-state index < -0.39 is 17.7 Å². The van der Waals surface area contributed by atoms with Crippen LogP contribution >= 0.6 is 11.6 Å². The van der Waals surface area contributed by atoms with E-state index in [1.54, 1.807) is 24.3 Å². The molecule has 4 rings (SSSR count). The van der Waals surface area contributed by atoms with E-state index in [9.17, 15) is 23.1 Å². The fourth-order valence-electron chi connectivity index (χ4n) is 4.59. The topological polar surface area (TPSA) is 79.5 Å². The first-order valence-corrected chi connectivity index (χ1v) is 10.5. The van der Waals surface area contributed by atoms with Crippen molar-refractivity contribution in [1.29, 1.82) is 0 Å². The molecule has 3 unspecified atom stereocenters. The van der Waals surface area contributed by atoms with Gasteiger partial charge in [0, 0.05) is 23.7 Å². The quantitative estimate of drug-likeness (QED) is 0.743.